The fourth-order valence-electron chi connectivity index (χ4n) is 2.80. The predicted octanol–water partition coefficient (Wildman–Crippen LogP) is 5.55. The number of nitrogens with zero attached hydrogens (tertiary/aromatic N) is 3. The van der Waals surface area contributed by atoms with E-state index in [9.17, 15) is 4.79 Å². The topological polar surface area (TPSA) is 69.0 Å². The highest BCUT2D eigenvalue weighted by Crippen LogP contribution is 2.22. The van der Waals surface area contributed by atoms with Gasteiger partial charge >= 0.3 is 0 Å². The highest BCUT2D eigenvalue weighted by Gasteiger charge is 2.14. The summed E-state index contributed by atoms with van der Waals surface area (Å²) in [4.78, 5) is 12.3. The SMILES string of the molecule is C=CCn1c(COc2ccc(C(C)C)cc2)nnc1SCC(=O)Nc1ccc(Cl)cc1. The highest BCUT2D eigenvalue weighted by atomic mass is 35.5. The van der Waals surface area contributed by atoms with E-state index in [0.717, 1.165) is 5.75 Å². The molecule has 0 atom stereocenters. The molecule has 1 N–H and O–H groups in total. The maximum atomic E-state index is 12.3. The van der Waals surface area contributed by atoms with E-state index in [1.165, 1.54) is 17.3 Å². The molecule has 0 aliphatic heterocycles. The molecular formula is C23H25ClN4O2S. The smallest absolute Gasteiger partial charge is 0.234 e. The third-order valence-corrected chi connectivity index (χ3v) is 5.70. The maximum Gasteiger partial charge on any atom is 0.234 e. The molecule has 0 fully saturated rings. The van der Waals surface area contributed by atoms with Crippen molar-refractivity contribution in [3.8, 4) is 5.75 Å². The number of benzene rings is 2. The van der Waals surface area contributed by atoms with E-state index in [1.807, 2.05) is 16.7 Å². The van der Waals surface area contributed by atoms with Crippen LogP contribution in [-0.2, 0) is 17.9 Å². The molecule has 162 valence electrons. The number of carbonyl (C=O) groups is 1. The molecular weight excluding hydrogens is 432 g/mol. The molecule has 3 rings (SSSR count). The molecule has 0 aliphatic rings. The van der Waals surface area contributed by atoms with Gasteiger partial charge in [-0.1, -0.05) is 55.4 Å². The lowest BCUT2D eigenvalue weighted by atomic mass is 10.0. The van der Waals surface area contributed by atoms with Crippen LogP contribution in [-0.4, -0.2) is 26.4 Å². The molecule has 0 bridgehead atoms. The van der Waals surface area contributed by atoms with Gasteiger partial charge in [-0.2, -0.15) is 0 Å². The first-order chi connectivity index (χ1) is 15.0. The fraction of sp³-hybridized carbons (Fsp3) is 0.261. The first kappa shape index (κ1) is 22.9. The Morgan fingerprint density at radius 1 is 1.19 bits per heavy atom. The van der Waals surface area contributed by atoms with E-state index in [2.05, 4.69) is 48.1 Å². The Morgan fingerprint density at radius 2 is 1.90 bits per heavy atom. The molecule has 0 aliphatic carbocycles. The molecule has 1 heterocycles. The van der Waals surface area contributed by atoms with Crippen LogP contribution < -0.4 is 10.1 Å². The molecule has 0 radical (unpaired) electrons. The van der Waals surface area contributed by atoms with Crippen molar-refractivity contribution in [1.82, 2.24) is 14.8 Å². The Bertz CT molecular complexity index is 1020. The Kier molecular flexibility index (Phi) is 8.14. The van der Waals surface area contributed by atoms with Crippen LogP contribution in [0.25, 0.3) is 0 Å². The summed E-state index contributed by atoms with van der Waals surface area (Å²) in [6, 6.07) is 15.0. The third kappa shape index (κ3) is 6.60. The summed E-state index contributed by atoms with van der Waals surface area (Å²) in [5, 5.41) is 12.6. The van der Waals surface area contributed by atoms with Crippen LogP contribution in [0.3, 0.4) is 0 Å². The Labute approximate surface area is 191 Å². The van der Waals surface area contributed by atoms with Gasteiger partial charge in [-0.15, -0.1) is 16.8 Å². The van der Waals surface area contributed by atoms with Crippen LogP contribution in [0, 0.1) is 0 Å². The fourth-order valence-corrected chi connectivity index (χ4v) is 3.69. The predicted molar refractivity (Wildman–Crippen MR) is 126 cm³/mol. The average Bonchev–Trinajstić information content (AvgIpc) is 3.14. The van der Waals surface area contributed by atoms with Gasteiger partial charge in [-0.25, -0.2) is 0 Å². The Morgan fingerprint density at radius 3 is 2.55 bits per heavy atom. The van der Waals surface area contributed by atoms with Crippen molar-refractivity contribution < 1.29 is 9.53 Å². The molecule has 1 amide bonds. The molecule has 8 heteroatoms. The zero-order valence-corrected chi connectivity index (χ0v) is 19.1. The van der Waals surface area contributed by atoms with E-state index in [4.69, 9.17) is 16.3 Å². The van der Waals surface area contributed by atoms with Crippen LogP contribution in [0.2, 0.25) is 5.02 Å². The van der Waals surface area contributed by atoms with E-state index in [-0.39, 0.29) is 18.3 Å². The lowest BCUT2D eigenvalue weighted by Crippen LogP contribution is -2.15. The number of rotatable bonds is 10. The summed E-state index contributed by atoms with van der Waals surface area (Å²) in [6.07, 6.45) is 1.77. The van der Waals surface area contributed by atoms with Crippen LogP contribution >= 0.6 is 23.4 Å². The van der Waals surface area contributed by atoms with Gasteiger partial charge < -0.3 is 10.1 Å². The number of hydrogen-bond acceptors (Lipinski definition) is 5. The lowest BCUT2D eigenvalue weighted by Gasteiger charge is -2.10. The Hall–Kier alpha value is -2.77. The van der Waals surface area contributed by atoms with Crippen molar-refractivity contribution >= 4 is 35.0 Å². The molecule has 1 aromatic heterocycles. The van der Waals surface area contributed by atoms with Crippen LogP contribution in [0.1, 0.15) is 31.2 Å². The van der Waals surface area contributed by atoms with Gasteiger partial charge in [0.1, 0.15) is 12.4 Å². The number of nitrogens with one attached hydrogen (secondary N) is 1. The number of thioether (sulfide) groups is 1. The van der Waals surface area contributed by atoms with E-state index in [1.54, 1.807) is 30.3 Å². The number of anilines is 1. The maximum absolute atomic E-state index is 12.3. The molecule has 3 aromatic rings. The van der Waals surface area contributed by atoms with Gasteiger partial charge in [0.25, 0.3) is 0 Å². The van der Waals surface area contributed by atoms with Crippen molar-refractivity contribution in [3.05, 3.63) is 77.6 Å². The number of carbonyl (C=O) groups excluding carboxylic acids is 1. The minimum Gasteiger partial charge on any atom is -0.486 e. The summed E-state index contributed by atoms with van der Waals surface area (Å²) >= 11 is 7.18. The van der Waals surface area contributed by atoms with Crippen molar-refractivity contribution in [2.24, 2.45) is 0 Å². The van der Waals surface area contributed by atoms with Crippen molar-refractivity contribution in [1.29, 1.82) is 0 Å². The molecule has 0 spiro atoms. The molecule has 0 saturated carbocycles. The summed E-state index contributed by atoms with van der Waals surface area (Å²) in [5.41, 5.74) is 1.96. The second-order valence-electron chi connectivity index (χ2n) is 7.15. The lowest BCUT2D eigenvalue weighted by molar-refractivity contribution is -0.113. The molecule has 6 nitrogen and oxygen atoms in total. The monoisotopic (exact) mass is 456 g/mol. The largest absolute Gasteiger partial charge is 0.486 e. The van der Waals surface area contributed by atoms with Crippen molar-refractivity contribution in [2.45, 2.75) is 38.1 Å². The van der Waals surface area contributed by atoms with Gasteiger partial charge in [0, 0.05) is 17.3 Å². The first-order valence-corrected chi connectivity index (χ1v) is 11.3. The van der Waals surface area contributed by atoms with Crippen LogP contribution in [0.4, 0.5) is 5.69 Å². The highest BCUT2D eigenvalue weighted by molar-refractivity contribution is 7.99. The number of halogens is 1. The van der Waals surface area contributed by atoms with E-state index in [0.29, 0.717) is 34.2 Å². The number of hydrogen-bond donors (Lipinski definition) is 1. The van der Waals surface area contributed by atoms with E-state index < -0.39 is 0 Å². The van der Waals surface area contributed by atoms with Gasteiger partial charge in [-0.05, 0) is 47.9 Å². The number of ether oxygens (including phenoxy) is 1. The van der Waals surface area contributed by atoms with Gasteiger partial charge in [0.15, 0.2) is 11.0 Å². The van der Waals surface area contributed by atoms with E-state index >= 15 is 0 Å². The summed E-state index contributed by atoms with van der Waals surface area (Å²) in [5.74, 6) is 1.99. The summed E-state index contributed by atoms with van der Waals surface area (Å²) in [6.45, 7) is 8.92. The van der Waals surface area contributed by atoms with Crippen molar-refractivity contribution in [2.75, 3.05) is 11.1 Å². The first-order valence-electron chi connectivity index (χ1n) is 9.90. The molecule has 31 heavy (non-hydrogen) atoms. The second kappa shape index (κ2) is 11.0. The van der Waals surface area contributed by atoms with Crippen LogP contribution in [0.15, 0.2) is 66.3 Å². The van der Waals surface area contributed by atoms with Gasteiger partial charge in [0.2, 0.25) is 5.91 Å². The van der Waals surface area contributed by atoms with Crippen molar-refractivity contribution in [3.63, 3.8) is 0 Å². The molecule has 2 aromatic carbocycles. The Balaban J connectivity index is 1.59. The number of amides is 1. The zero-order chi connectivity index (χ0) is 22.2. The number of aromatic nitrogens is 3. The quantitative estimate of drug-likeness (QED) is 0.320. The van der Waals surface area contributed by atoms with Crippen LogP contribution in [0.5, 0.6) is 5.75 Å². The van der Waals surface area contributed by atoms with Gasteiger partial charge in [-0.3, -0.25) is 9.36 Å². The zero-order valence-electron chi connectivity index (χ0n) is 17.5. The summed E-state index contributed by atoms with van der Waals surface area (Å²) in [7, 11) is 0. The standard InChI is InChI=1S/C23H25ClN4O2S/c1-4-13-28-21(14-30-20-11-5-17(6-12-20)16(2)3)26-27-23(28)31-15-22(29)25-19-9-7-18(24)8-10-19/h4-12,16H,1,13-15H2,2-3H3,(H,25,29). The van der Waals surface area contributed by atoms with Gasteiger partial charge in [0.05, 0.1) is 5.75 Å². The number of allylic oxidation sites excluding steroid dienone is 1. The average molecular weight is 457 g/mol. The molecule has 0 unspecified atom stereocenters. The molecule has 0 saturated heterocycles. The second-order valence-corrected chi connectivity index (χ2v) is 8.53. The normalized spacial score (nSPS) is 10.8. The summed E-state index contributed by atoms with van der Waals surface area (Å²) < 4.78 is 7.78. The third-order valence-electron chi connectivity index (χ3n) is 4.48. The minimum atomic E-state index is -0.136. The minimum absolute atomic E-state index is 0.136.